The number of ether oxygens (including phenoxy) is 2. The molecular formula is C18H28N2O4. The Bertz CT molecular complexity index is 505. The van der Waals surface area contributed by atoms with Gasteiger partial charge in [-0.1, -0.05) is 0 Å². The second-order valence-electron chi connectivity index (χ2n) is 8.02. The van der Waals surface area contributed by atoms with E-state index < -0.39 is 0 Å². The third-order valence-electron chi connectivity index (χ3n) is 6.69. The minimum Gasteiger partial charge on any atom is -0.383 e. The number of methoxy groups -OCH3 is 1. The molecule has 0 N–H and O–H groups in total. The fraction of sp³-hybridized carbons (Fsp3) is 0.889. The lowest BCUT2D eigenvalue weighted by Gasteiger charge is -2.47. The van der Waals surface area contributed by atoms with Crippen molar-refractivity contribution in [3.8, 4) is 0 Å². The summed E-state index contributed by atoms with van der Waals surface area (Å²) in [5.74, 6) is 1.82. The molecule has 3 atom stereocenters. The van der Waals surface area contributed by atoms with E-state index in [1.807, 2.05) is 4.90 Å². The highest BCUT2D eigenvalue weighted by Gasteiger charge is 2.59. The third-order valence-corrected chi connectivity index (χ3v) is 6.69. The summed E-state index contributed by atoms with van der Waals surface area (Å²) in [6, 6.07) is 0. The van der Waals surface area contributed by atoms with Gasteiger partial charge in [-0.05, 0) is 36.5 Å². The van der Waals surface area contributed by atoms with Gasteiger partial charge in [0.05, 0.1) is 19.8 Å². The van der Waals surface area contributed by atoms with E-state index >= 15 is 0 Å². The van der Waals surface area contributed by atoms with Crippen LogP contribution in [0.1, 0.15) is 25.7 Å². The van der Waals surface area contributed by atoms with E-state index in [4.69, 9.17) is 9.47 Å². The van der Waals surface area contributed by atoms with Gasteiger partial charge in [0.25, 0.3) is 0 Å². The molecule has 0 radical (unpaired) electrons. The number of carbonyl (C=O) groups excluding carboxylic acids is 2. The molecule has 24 heavy (non-hydrogen) atoms. The van der Waals surface area contributed by atoms with Crippen molar-refractivity contribution in [2.45, 2.75) is 25.7 Å². The molecule has 4 aliphatic rings. The fourth-order valence-electron chi connectivity index (χ4n) is 4.93. The van der Waals surface area contributed by atoms with Gasteiger partial charge < -0.3 is 19.3 Å². The zero-order chi connectivity index (χ0) is 16.7. The standard InChI is InChI=1S/C18H28N2O4/c1-23-9-8-20-12-18(3-2-15(20)21)4-6-19(7-5-18)17(22)16-13-10-24-11-14(13)16/h13-14,16H,2-12H2,1H3/t13-,14+,16?. The predicted molar refractivity (Wildman–Crippen MR) is 87.2 cm³/mol. The van der Waals surface area contributed by atoms with Crippen molar-refractivity contribution >= 4 is 11.8 Å². The van der Waals surface area contributed by atoms with Crippen LogP contribution in [0.3, 0.4) is 0 Å². The Hall–Kier alpha value is -1.14. The molecule has 4 rings (SSSR count). The number of likely N-dealkylation sites (tertiary alicyclic amines) is 2. The second-order valence-corrected chi connectivity index (χ2v) is 8.02. The first kappa shape index (κ1) is 16.3. The Balaban J connectivity index is 1.32. The first-order chi connectivity index (χ1) is 11.6. The van der Waals surface area contributed by atoms with Crippen molar-refractivity contribution < 1.29 is 19.1 Å². The summed E-state index contributed by atoms with van der Waals surface area (Å²) >= 11 is 0. The van der Waals surface area contributed by atoms with E-state index in [2.05, 4.69) is 4.90 Å². The van der Waals surface area contributed by atoms with Gasteiger partial charge >= 0.3 is 0 Å². The van der Waals surface area contributed by atoms with Crippen LogP contribution in [-0.2, 0) is 19.1 Å². The molecule has 1 spiro atoms. The lowest BCUT2D eigenvalue weighted by atomic mass is 9.72. The van der Waals surface area contributed by atoms with Crippen molar-refractivity contribution in [3.63, 3.8) is 0 Å². The van der Waals surface area contributed by atoms with Crippen molar-refractivity contribution in [1.82, 2.24) is 9.80 Å². The van der Waals surface area contributed by atoms with Crippen LogP contribution in [0, 0.1) is 23.2 Å². The monoisotopic (exact) mass is 336 g/mol. The molecule has 0 aromatic heterocycles. The van der Waals surface area contributed by atoms with E-state index in [0.29, 0.717) is 37.3 Å². The molecule has 3 aliphatic heterocycles. The van der Waals surface area contributed by atoms with E-state index in [0.717, 1.165) is 52.1 Å². The largest absolute Gasteiger partial charge is 0.383 e. The molecule has 0 aromatic carbocycles. The van der Waals surface area contributed by atoms with Gasteiger partial charge in [0.2, 0.25) is 11.8 Å². The van der Waals surface area contributed by atoms with Crippen LogP contribution in [0.15, 0.2) is 0 Å². The van der Waals surface area contributed by atoms with Crippen molar-refractivity contribution in [1.29, 1.82) is 0 Å². The maximum absolute atomic E-state index is 12.7. The number of piperidine rings is 2. The predicted octanol–water partition coefficient (Wildman–Crippen LogP) is 0.756. The molecule has 1 unspecified atom stereocenters. The summed E-state index contributed by atoms with van der Waals surface area (Å²) in [5, 5.41) is 0. The lowest BCUT2D eigenvalue weighted by Crippen LogP contribution is -2.53. The minimum absolute atomic E-state index is 0.209. The Morgan fingerprint density at radius 2 is 1.96 bits per heavy atom. The van der Waals surface area contributed by atoms with Gasteiger partial charge in [0.15, 0.2) is 0 Å². The normalized spacial score (nSPS) is 34.5. The number of rotatable bonds is 4. The molecule has 0 bridgehead atoms. The van der Waals surface area contributed by atoms with Crippen LogP contribution in [-0.4, -0.2) is 74.7 Å². The zero-order valence-corrected chi connectivity index (χ0v) is 14.5. The van der Waals surface area contributed by atoms with E-state index in [1.165, 1.54) is 0 Å². The number of hydrogen-bond acceptors (Lipinski definition) is 4. The quantitative estimate of drug-likeness (QED) is 0.760. The lowest BCUT2D eigenvalue weighted by molar-refractivity contribution is -0.144. The number of carbonyl (C=O) groups is 2. The summed E-state index contributed by atoms with van der Waals surface area (Å²) in [7, 11) is 1.67. The SMILES string of the molecule is COCCN1CC2(CCC1=O)CCN(C(=O)C1[C@H]3COC[C@@H]13)CC2. The molecule has 1 aliphatic carbocycles. The van der Waals surface area contributed by atoms with Crippen LogP contribution in [0.4, 0.5) is 0 Å². The average Bonchev–Trinajstić information content (AvgIpc) is 3.08. The Labute approximate surface area is 143 Å². The van der Waals surface area contributed by atoms with E-state index in [-0.39, 0.29) is 17.2 Å². The molecule has 134 valence electrons. The Morgan fingerprint density at radius 1 is 1.25 bits per heavy atom. The summed E-state index contributed by atoms with van der Waals surface area (Å²) in [5.41, 5.74) is 0.209. The van der Waals surface area contributed by atoms with Crippen molar-refractivity contribution in [2.24, 2.45) is 23.2 Å². The maximum Gasteiger partial charge on any atom is 0.226 e. The van der Waals surface area contributed by atoms with Crippen LogP contribution in [0.25, 0.3) is 0 Å². The maximum atomic E-state index is 12.7. The van der Waals surface area contributed by atoms with E-state index in [9.17, 15) is 9.59 Å². The first-order valence-electron chi connectivity index (χ1n) is 9.27. The van der Waals surface area contributed by atoms with Crippen LogP contribution in [0.2, 0.25) is 0 Å². The van der Waals surface area contributed by atoms with Gasteiger partial charge in [-0.2, -0.15) is 0 Å². The van der Waals surface area contributed by atoms with Gasteiger partial charge in [-0.3, -0.25) is 9.59 Å². The van der Waals surface area contributed by atoms with Gasteiger partial charge in [0, 0.05) is 45.6 Å². The number of fused-ring (bicyclic) bond motifs is 1. The summed E-state index contributed by atoms with van der Waals surface area (Å²) in [4.78, 5) is 28.8. The molecule has 2 amide bonds. The van der Waals surface area contributed by atoms with Crippen LogP contribution >= 0.6 is 0 Å². The van der Waals surface area contributed by atoms with E-state index in [1.54, 1.807) is 7.11 Å². The molecule has 4 fully saturated rings. The van der Waals surface area contributed by atoms with Gasteiger partial charge in [-0.15, -0.1) is 0 Å². The molecule has 6 heteroatoms. The van der Waals surface area contributed by atoms with Crippen LogP contribution in [0.5, 0.6) is 0 Å². The summed E-state index contributed by atoms with van der Waals surface area (Å²) < 4.78 is 10.5. The fourth-order valence-corrected chi connectivity index (χ4v) is 4.93. The molecule has 0 aromatic rings. The second kappa shape index (κ2) is 6.30. The Kier molecular flexibility index (Phi) is 4.29. The molecular weight excluding hydrogens is 308 g/mol. The van der Waals surface area contributed by atoms with Crippen LogP contribution < -0.4 is 0 Å². The summed E-state index contributed by atoms with van der Waals surface area (Å²) in [6.45, 7) is 5.36. The minimum atomic E-state index is 0.209. The summed E-state index contributed by atoms with van der Waals surface area (Å²) in [6.07, 6.45) is 3.66. The van der Waals surface area contributed by atoms with Gasteiger partial charge in [0.1, 0.15) is 0 Å². The average molecular weight is 336 g/mol. The molecule has 6 nitrogen and oxygen atoms in total. The van der Waals surface area contributed by atoms with Crippen molar-refractivity contribution in [2.75, 3.05) is 53.1 Å². The van der Waals surface area contributed by atoms with Gasteiger partial charge in [-0.25, -0.2) is 0 Å². The smallest absolute Gasteiger partial charge is 0.226 e. The molecule has 3 heterocycles. The number of hydrogen-bond donors (Lipinski definition) is 0. The first-order valence-corrected chi connectivity index (χ1v) is 9.27. The van der Waals surface area contributed by atoms with Crippen molar-refractivity contribution in [3.05, 3.63) is 0 Å². The Morgan fingerprint density at radius 3 is 2.62 bits per heavy atom. The number of amides is 2. The topological polar surface area (TPSA) is 59.1 Å². The third kappa shape index (κ3) is 2.84. The highest BCUT2D eigenvalue weighted by atomic mass is 16.5. The molecule has 3 saturated heterocycles. The zero-order valence-electron chi connectivity index (χ0n) is 14.5. The molecule has 1 saturated carbocycles. The highest BCUT2D eigenvalue weighted by molar-refractivity contribution is 5.82. The highest BCUT2D eigenvalue weighted by Crippen LogP contribution is 2.52. The number of nitrogens with zero attached hydrogens (tertiary/aromatic N) is 2.